The zero-order chi connectivity index (χ0) is 18.7. The van der Waals surface area contributed by atoms with Crippen molar-refractivity contribution >= 4 is 17.5 Å². The summed E-state index contributed by atoms with van der Waals surface area (Å²) < 4.78 is 10.6. The van der Waals surface area contributed by atoms with Crippen molar-refractivity contribution in [3.05, 3.63) is 53.6 Å². The largest absolute Gasteiger partial charge is 0.454 e. The molecule has 1 atom stereocenters. The molecule has 0 spiro atoms. The lowest BCUT2D eigenvalue weighted by Crippen LogP contribution is -2.36. The van der Waals surface area contributed by atoms with Crippen molar-refractivity contribution in [2.24, 2.45) is 0 Å². The van der Waals surface area contributed by atoms with Gasteiger partial charge in [-0.3, -0.25) is 9.59 Å². The van der Waals surface area contributed by atoms with Crippen LogP contribution < -0.4 is 20.1 Å². The second kappa shape index (κ2) is 7.47. The van der Waals surface area contributed by atoms with E-state index in [1.165, 1.54) is 0 Å². The third kappa shape index (κ3) is 3.96. The van der Waals surface area contributed by atoms with Gasteiger partial charge in [-0.15, -0.1) is 0 Å². The molecule has 1 aliphatic rings. The normalized spacial score (nSPS) is 13.4. The van der Waals surface area contributed by atoms with Crippen LogP contribution >= 0.6 is 0 Å². The molecule has 1 unspecified atom stereocenters. The lowest BCUT2D eigenvalue weighted by Gasteiger charge is -2.15. The predicted octanol–water partition coefficient (Wildman–Crippen LogP) is 3.35. The Labute approximate surface area is 152 Å². The van der Waals surface area contributed by atoms with Gasteiger partial charge in [0.25, 0.3) is 0 Å². The number of amides is 2. The van der Waals surface area contributed by atoms with Crippen molar-refractivity contribution in [2.45, 2.75) is 32.7 Å². The summed E-state index contributed by atoms with van der Waals surface area (Å²) >= 11 is 0. The average molecular weight is 354 g/mol. The van der Waals surface area contributed by atoms with Crippen molar-refractivity contribution < 1.29 is 19.1 Å². The van der Waals surface area contributed by atoms with Crippen LogP contribution in [0.5, 0.6) is 11.5 Å². The first-order valence-corrected chi connectivity index (χ1v) is 8.55. The van der Waals surface area contributed by atoms with Crippen molar-refractivity contribution in [2.75, 3.05) is 12.1 Å². The van der Waals surface area contributed by atoms with Gasteiger partial charge in [0.05, 0.1) is 6.04 Å². The molecular weight excluding hydrogens is 332 g/mol. The number of fused-ring (bicyclic) bond motifs is 1. The molecule has 0 aliphatic carbocycles. The zero-order valence-electron chi connectivity index (χ0n) is 15.0. The fourth-order valence-corrected chi connectivity index (χ4v) is 2.69. The van der Waals surface area contributed by atoms with Gasteiger partial charge in [-0.2, -0.15) is 0 Å². The second-order valence-electron chi connectivity index (χ2n) is 6.54. The number of hydrogen-bond acceptors (Lipinski definition) is 4. The smallest absolute Gasteiger partial charge is 0.313 e. The highest BCUT2D eigenvalue weighted by atomic mass is 16.7. The molecule has 0 fully saturated rings. The van der Waals surface area contributed by atoms with Crippen LogP contribution in [-0.2, 0) is 9.59 Å². The van der Waals surface area contributed by atoms with E-state index in [2.05, 4.69) is 24.5 Å². The molecule has 3 rings (SSSR count). The van der Waals surface area contributed by atoms with Crippen LogP contribution in [0, 0.1) is 0 Å². The van der Waals surface area contributed by atoms with Gasteiger partial charge in [-0.1, -0.05) is 32.0 Å². The monoisotopic (exact) mass is 354 g/mol. The lowest BCUT2D eigenvalue weighted by atomic mass is 10.0. The Bertz CT molecular complexity index is 832. The topological polar surface area (TPSA) is 76.7 Å². The summed E-state index contributed by atoms with van der Waals surface area (Å²) in [4.78, 5) is 24.4. The minimum Gasteiger partial charge on any atom is -0.454 e. The molecule has 0 saturated heterocycles. The molecule has 1 heterocycles. The first-order chi connectivity index (χ1) is 12.4. The molecule has 6 nitrogen and oxygen atoms in total. The molecule has 0 bridgehead atoms. The van der Waals surface area contributed by atoms with Crippen LogP contribution in [0.3, 0.4) is 0 Å². The maximum atomic E-state index is 12.2. The van der Waals surface area contributed by atoms with Gasteiger partial charge in [0.15, 0.2) is 11.5 Å². The number of carbonyl (C=O) groups excluding carboxylic acids is 2. The molecular formula is C20H22N2O4. The Kier molecular flexibility index (Phi) is 5.11. The van der Waals surface area contributed by atoms with E-state index in [4.69, 9.17) is 9.47 Å². The zero-order valence-corrected chi connectivity index (χ0v) is 15.0. The van der Waals surface area contributed by atoms with Crippen molar-refractivity contribution in [1.82, 2.24) is 5.32 Å². The molecule has 2 aromatic carbocycles. The number of carbonyl (C=O) groups is 2. The maximum Gasteiger partial charge on any atom is 0.313 e. The molecule has 2 amide bonds. The van der Waals surface area contributed by atoms with Gasteiger partial charge in [-0.25, -0.2) is 0 Å². The van der Waals surface area contributed by atoms with Crippen LogP contribution in [0.1, 0.15) is 43.9 Å². The Morgan fingerprint density at radius 1 is 0.923 bits per heavy atom. The van der Waals surface area contributed by atoms with Gasteiger partial charge in [0.1, 0.15) is 0 Å². The highest BCUT2D eigenvalue weighted by molar-refractivity contribution is 6.39. The second-order valence-corrected chi connectivity index (χ2v) is 6.54. The predicted molar refractivity (Wildman–Crippen MR) is 98.3 cm³/mol. The Morgan fingerprint density at radius 2 is 1.69 bits per heavy atom. The fourth-order valence-electron chi connectivity index (χ4n) is 2.69. The van der Waals surface area contributed by atoms with E-state index in [-0.39, 0.29) is 12.8 Å². The van der Waals surface area contributed by atoms with E-state index in [0.717, 1.165) is 11.1 Å². The van der Waals surface area contributed by atoms with Crippen molar-refractivity contribution in [3.8, 4) is 11.5 Å². The first kappa shape index (κ1) is 17.8. The Morgan fingerprint density at radius 3 is 2.46 bits per heavy atom. The fraction of sp³-hybridized carbons (Fsp3) is 0.300. The third-order valence-corrected chi connectivity index (χ3v) is 4.26. The number of nitrogens with one attached hydrogen (secondary N) is 2. The summed E-state index contributed by atoms with van der Waals surface area (Å²) in [6.07, 6.45) is 0. The van der Waals surface area contributed by atoms with Gasteiger partial charge in [-0.05, 0) is 48.2 Å². The summed E-state index contributed by atoms with van der Waals surface area (Å²) in [7, 11) is 0. The Balaban J connectivity index is 1.62. The summed E-state index contributed by atoms with van der Waals surface area (Å²) in [5, 5.41) is 5.34. The summed E-state index contributed by atoms with van der Waals surface area (Å²) in [6, 6.07) is 12.6. The summed E-state index contributed by atoms with van der Waals surface area (Å²) in [6.45, 7) is 6.14. The molecule has 6 heteroatoms. The van der Waals surface area contributed by atoms with E-state index in [0.29, 0.717) is 23.1 Å². The lowest BCUT2D eigenvalue weighted by molar-refractivity contribution is -0.136. The van der Waals surface area contributed by atoms with Gasteiger partial charge in [0.2, 0.25) is 6.79 Å². The number of rotatable bonds is 4. The van der Waals surface area contributed by atoms with Crippen molar-refractivity contribution in [1.29, 1.82) is 0 Å². The number of ether oxygens (including phenoxy) is 2. The highest BCUT2D eigenvalue weighted by Crippen LogP contribution is 2.34. The molecule has 2 N–H and O–H groups in total. The SMILES string of the molecule is CC(C)c1cccc(NC(=O)C(=O)NC(C)c2ccc3c(c2)OCO3)c1. The molecule has 136 valence electrons. The minimum atomic E-state index is -0.696. The number of benzene rings is 2. The maximum absolute atomic E-state index is 12.2. The van der Waals surface area contributed by atoms with Crippen LogP contribution in [0.25, 0.3) is 0 Å². The molecule has 2 aromatic rings. The van der Waals surface area contributed by atoms with Gasteiger partial charge >= 0.3 is 11.8 Å². The highest BCUT2D eigenvalue weighted by Gasteiger charge is 2.20. The van der Waals surface area contributed by atoms with Crippen LogP contribution in [-0.4, -0.2) is 18.6 Å². The van der Waals surface area contributed by atoms with E-state index < -0.39 is 11.8 Å². The van der Waals surface area contributed by atoms with Gasteiger partial charge in [0, 0.05) is 5.69 Å². The third-order valence-electron chi connectivity index (χ3n) is 4.26. The molecule has 26 heavy (non-hydrogen) atoms. The number of anilines is 1. The van der Waals surface area contributed by atoms with E-state index in [1.807, 2.05) is 31.2 Å². The quantitative estimate of drug-likeness (QED) is 0.826. The Hall–Kier alpha value is -3.02. The van der Waals surface area contributed by atoms with Crippen LogP contribution in [0.2, 0.25) is 0 Å². The molecule has 0 radical (unpaired) electrons. The minimum absolute atomic E-state index is 0.192. The molecule has 0 aromatic heterocycles. The van der Waals surface area contributed by atoms with E-state index >= 15 is 0 Å². The number of hydrogen-bond donors (Lipinski definition) is 2. The van der Waals surface area contributed by atoms with Gasteiger partial charge < -0.3 is 20.1 Å². The van der Waals surface area contributed by atoms with Crippen LogP contribution in [0.4, 0.5) is 5.69 Å². The first-order valence-electron chi connectivity index (χ1n) is 8.55. The van der Waals surface area contributed by atoms with E-state index in [1.54, 1.807) is 18.2 Å². The standard InChI is InChI=1S/C20H22N2O4/c1-12(2)14-5-4-6-16(9-14)22-20(24)19(23)21-13(3)15-7-8-17-18(10-15)26-11-25-17/h4-10,12-13H,11H2,1-3H3,(H,21,23)(H,22,24). The molecule has 0 saturated carbocycles. The average Bonchev–Trinajstić information content (AvgIpc) is 3.09. The summed E-state index contributed by atoms with van der Waals surface area (Å²) in [5.74, 6) is 0.268. The van der Waals surface area contributed by atoms with E-state index in [9.17, 15) is 9.59 Å². The summed E-state index contributed by atoms with van der Waals surface area (Å²) in [5.41, 5.74) is 2.53. The van der Waals surface area contributed by atoms with Crippen molar-refractivity contribution in [3.63, 3.8) is 0 Å². The van der Waals surface area contributed by atoms with Crippen LogP contribution in [0.15, 0.2) is 42.5 Å². The molecule has 1 aliphatic heterocycles.